The van der Waals surface area contributed by atoms with Crippen LogP contribution >= 0.6 is 23.4 Å². The van der Waals surface area contributed by atoms with Gasteiger partial charge < -0.3 is 10.5 Å². The van der Waals surface area contributed by atoms with Gasteiger partial charge in [-0.25, -0.2) is 14.8 Å². The molecule has 0 amide bonds. The molecule has 1 aromatic heterocycles. The van der Waals surface area contributed by atoms with Gasteiger partial charge in [-0.15, -0.1) is 0 Å². The molecule has 0 fully saturated rings. The van der Waals surface area contributed by atoms with E-state index in [1.807, 2.05) is 24.3 Å². The number of hydrogen-bond donors (Lipinski definition) is 3. The first-order chi connectivity index (χ1) is 13.8. The van der Waals surface area contributed by atoms with Crippen LogP contribution in [-0.4, -0.2) is 35.7 Å². The molecule has 3 aromatic rings. The number of benzene rings is 2. The van der Waals surface area contributed by atoms with Crippen LogP contribution in [0.1, 0.15) is 11.1 Å². The molecule has 0 saturated heterocycles. The summed E-state index contributed by atoms with van der Waals surface area (Å²) >= 11 is 7.82. The lowest BCUT2D eigenvalue weighted by atomic mass is 9.94. The van der Waals surface area contributed by atoms with Gasteiger partial charge >= 0.3 is 0 Å². The average molecular weight is 453 g/mol. The molecule has 1 aliphatic heterocycles. The van der Waals surface area contributed by atoms with Gasteiger partial charge in [0.25, 0.3) is 10.2 Å². The molecule has 152 valence electrons. The van der Waals surface area contributed by atoms with Crippen molar-refractivity contribution in [3.05, 3.63) is 40.4 Å². The highest BCUT2D eigenvalue weighted by molar-refractivity contribution is 7.99. The third-order valence-corrected chi connectivity index (χ3v) is 6.04. The number of nitrogens with zero attached hydrogens (tertiary/aromatic N) is 3. The number of nitrogens with one attached hydrogen (secondary N) is 1. The number of nitrogens with two attached hydrogens (primary N) is 2. The van der Waals surface area contributed by atoms with E-state index in [1.54, 1.807) is 0 Å². The van der Waals surface area contributed by atoms with Crippen LogP contribution < -0.4 is 15.6 Å². The molecule has 0 atom stereocenters. The third kappa shape index (κ3) is 4.44. The molecule has 5 N–H and O–H groups in total. The third-order valence-electron chi connectivity index (χ3n) is 4.29. The minimum Gasteiger partial charge on any atom is -0.372 e. The average Bonchev–Trinajstić information content (AvgIpc) is 2.64. The van der Waals surface area contributed by atoms with Crippen molar-refractivity contribution in [1.82, 2.24) is 19.7 Å². The second kappa shape index (κ2) is 8.01. The Balaban J connectivity index is 1.72. The van der Waals surface area contributed by atoms with Crippen LogP contribution in [0.5, 0.6) is 0 Å². The summed E-state index contributed by atoms with van der Waals surface area (Å²) in [6.45, 7) is 1.15. The van der Waals surface area contributed by atoms with Gasteiger partial charge in [0.2, 0.25) is 5.95 Å². The number of ether oxygens (including phenoxy) is 1. The molecule has 0 radical (unpaired) electrons. The molecule has 0 aliphatic carbocycles. The zero-order chi connectivity index (χ0) is 20.6. The van der Waals surface area contributed by atoms with E-state index in [2.05, 4.69) is 19.7 Å². The van der Waals surface area contributed by atoms with E-state index in [1.165, 1.54) is 11.8 Å². The molecule has 4 rings (SSSR count). The zero-order valence-electron chi connectivity index (χ0n) is 15.1. The summed E-state index contributed by atoms with van der Waals surface area (Å²) in [6.07, 6.45) is 0. The minimum absolute atomic E-state index is 0.0526. The first-order valence-corrected chi connectivity index (χ1v) is 11.5. The fourth-order valence-electron chi connectivity index (χ4n) is 3.22. The molecule has 2 heterocycles. The first kappa shape index (κ1) is 20.3. The van der Waals surface area contributed by atoms with E-state index in [-0.39, 0.29) is 12.5 Å². The highest BCUT2D eigenvalue weighted by atomic mass is 35.5. The van der Waals surface area contributed by atoms with E-state index in [0.717, 1.165) is 21.9 Å². The number of thioether (sulfide) groups is 1. The van der Waals surface area contributed by atoms with Gasteiger partial charge in [-0.3, -0.25) is 0 Å². The number of halogens is 1. The van der Waals surface area contributed by atoms with Crippen molar-refractivity contribution in [2.24, 2.45) is 5.14 Å². The fraction of sp³-hybridized carbons (Fsp3) is 0.235. The number of nitrogen functional groups attached to an aromatic ring is 1. The lowest BCUT2D eigenvalue weighted by Gasteiger charge is -2.20. The molecular formula is C17H17ClN6O3S2. The van der Waals surface area contributed by atoms with Crippen LogP contribution in [-0.2, 0) is 28.2 Å². The van der Waals surface area contributed by atoms with Gasteiger partial charge in [0.05, 0.1) is 18.2 Å². The largest absolute Gasteiger partial charge is 0.372 e. The Labute approximate surface area is 176 Å². The van der Waals surface area contributed by atoms with E-state index in [4.69, 9.17) is 27.2 Å². The quantitative estimate of drug-likeness (QED) is 0.379. The summed E-state index contributed by atoms with van der Waals surface area (Å²) in [5.41, 5.74) is 8.66. The number of aromatic nitrogens is 3. The van der Waals surface area contributed by atoms with Crippen LogP contribution in [0, 0.1) is 0 Å². The molecule has 9 nitrogen and oxygen atoms in total. The molecular weight excluding hydrogens is 436 g/mol. The van der Waals surface area contributed by atoms with Gasteiger partial charge in [0.15, 0.2) is 11.0 Å². The normalized spacial score (nSPS) is 13.7. The Bertz CT molecular complexity index is 1210. The lowest BCUT2D eigenvalue weighted by molar-refractivity contribution is 0.103. The maximum absolute atomic E-state index is 11.0. The molecule has 1 aliphatic rings. The summed E-state index contributed by atoms with van der Waals surface area (Å²) in [5, 5.41) is 7.78. The van der Waals surface area contributed by atoms with E-state index < -0.39 is 10.2 Å². The van der Waals surface area contributed by atoms with E-state index in [0.29, 0.717) is 40.5 Å². The van der Waals surface area contributed by atoms with Crippen LogP contribution in [0.25, 0.3) is 22.2 Å². The Hall–Kier alpha value is -2.02. The standard InChI is InChI=1S/C17H17ClN6O3S2/c18-12-6-10-8-27-7-9-2-1-3-11(13(9)10)14(12)15-22-16(19)24-17(23-15)28-5-4-21-29(20,25)26/h1-3,6,21H,4-5,7-8H2,(H2,20,25,26)(H2,19,22,23,24). The van der Waals surface area contributed by atoms with Crippen LogP contribution in [0.3, 0.4) is 0 Å². The van der Waals surface area contributed by atoms with Gasteiger partial charge in [0.1, 0.15) is 0 Å². The summed E-state index contributed by atoms with van der Waals surface area (Å²) in [6, 6.07) is 7.79. The fourth-order valence-corrected chi connectivity index (χ4v) is 4.75. The predicted octanol–water partition coefficient (Wildman–Crippen LogP) is 1.84. The Morgan fingerprint density at radius 2 is 2.00 bits per heavy atom. The molecule has 12 heteroatoms. The second-order valence-corrected chi connectivity index (χ2v) is 9.16. The van der Waals surface area contributed by atoms with Crippen molar-refractivity contribution in [2.75, 3.05) is 18.0 Å². The molecule has 0 spiro atoms. The highest BCUT2D eigenvalue weighted by Crippen LogP contribution is 2.39. The van der Waals surface area contributed by atoms with Gasteiger partial charge in [-0.2, -0.15) is 18.4 Å². The summed E-state index contributed by atoms with van der Waals surface area (Å²) in [5.74, 6) is 0.783. The summed E-state index contributed by atoms with van der Waals surface area (Å²) in [7, 11) is -3.74. The minimum atomic E-state index is -3.74. The predicted molar refractivity (Wildman–Crippen MR) is 113 cm³/mol. The van der Waals surface area contributed by atoms with E-state index >= 15 is 0 Å². The van der Waals surface area contributed by atoms with Crippen LogP contribution in [0.4, 0.5) is 5.95 Å². The Morgan fingerprint density at radius 3 is 2.79 bits per heavy atom. The Kier molecular flexibility index (Phi) is 5.60. The van der Waals surface area contributed by atoms with Crippen molar-refractivity contribution in [2.45, 2.75) is 18.4 Å². The van der Waals surface area contributed by atoms with Gasteiger partial charge in [-0.05, 0) is 28.0 Å². The van der Waals surface area contributed by atoms with Crippen molar-refractivity contribution in [3.63, 3.8) is 0 Å². The van der Waals surface area contributed by atoms with Crippen molar-refractivity contribution < 1.29 is 13.2 Å². The number of anilines is 1. The Morgan fingerprint density at radius 1 is 1.21 bits per heavy atom. The molecule has 0 unspecified atom stereocenters. The molecule has 0 bridgehead atoms. The van der Waals surface area contributed by atoms with Crippen molar-refractivity contribution >= 4 is 50.3 Å². The van der Waals surface area contributed by atoms with Crippen molar-refractivity contribution in [1.29, 1.82) is 0 Å². The first-order valence-electron chi connectivity index (χ1n) is 8.54. The topological polar surface area (TPSA) is 146 Å². The monoisotopic (exact) mass is 452 g/mol. The maximum atomic E-state index is 11.0. The number of rotatable bonds is 6. The summed E-state index contributed by atoms with van der Waals surface area (Å²) in [4.78, 5) is 12.9. The second-order valence-electron chi connectivity index (χ2n) is 6.31. The zero-order valence-corrected chi connectivity index (χ0v) is 17.4. The van der Waals surface area contributed by atoms with Gasteiger partial charge in [-0.1, -0.05) is 41.6 Å². The lowest BCUT2D eigenvalue weighted by Crippen LogP contribution is -2.32. The molecule has 0 saturated carbocycles. The van der Waals surface area contributed by atoms with E-state index in [9.17, 15) is 8.42 Å². The molecule has 2 aromatic carbocycles. The van der Waals surface area contributed by atoms with Crippen LogP contribution in [0.15, 0.2) is 29.4 Å². The van der Waals surface area contributed by atoms with Crippen LogP contribution in [0.2, 0.25) is 5.02 Å². The smallest absolute Gasteiger partial charge is 0.274 e. The maximum Gasteiger partial charge on any atom is 0.274 e. The molecule has 29 heavy (non-hydrogen) atoms. The number of hydrogen-bond acceptors (Lipinski definition) is 8. The SMILES string of the molecule is Nc1nc(SCCNS(N)(=O)=O)nc(-c2c(Cl)cc3c4c(cccc24)COC3)n1. The highest BCUT2D eigenvalue weighted by Gasteiger charge is 2.21. The van der Waals surface area contributed by atoms with Crippen molar-refractivity contribution in [3.8, 4) is 11.4 Å². The summed E-state index contributed by atoms with van der Waals surface area (Å²) < 4.78 is 29.7. The van der Waals surface area contributed by atoms with Gasteiger partial charge in [0, 0.05) is 17.9 Å².